The van der Waals surface area contributed by atoms with E-state index < -0.39 is 0 Å². The van der Waals surface area contributed by atoms with Crippen LogP contribution in [0, 0.1) is 18.8 Å². The molecule has 2 unspecified atom stereocenters. The Bertz CT molecular complexity index is 496. The van der Waals surface area contributed by atoms with E-state index in [0.29, 0.717) is 12.2 Å². The zero-order chi connectivity index (χ0) is 15.6. The predicted molar refractivity (Wildman–Crippen MR) is 90.3 cm³/mol. The van der Waals surface area contributed by atoms with E-state index in [1.807, 2.05) is 0 Å². The van der Waals surface area contributed by atoms with E-state index in [4.69, 9.17) is 9.47 Å². The van der Waals surface area contributed by atoms with E-state index in [0.717, 1.165) is 17.6 Å². The molecule has 3 rings (SSSR count). The number of benzene rings is 1. The average molecular weight is 302 g/mol. The summed E-state index contributed by atoms with van der Waals surface area (Å²) in [6.07, 6.45) is 9.65. The highest BCUT2D eigenvalue weighted by Gasteiger charge is 2.43. The molecule has 2 atom stereocenters. The first-order valence-corrected chi connectivity index (χ1v) is 8.90. The smallest absolute Gasteiger partial charge is 0.188 e. The summed E-state index contributed by atoms with van der Waals surface area (Å²) in [5.41, 5.74) is 3.08. The van der Waals surface area contributed by atoms with E-state index in [1.54, 1.807) is 7.11 Å². The standard InChI is InChI=1S/C20H30O2/c1-4-20(12-16-6-5-7-17(11-16)13-20)18-10-15(2)8-9-19(18)22-14-21-3/h8-10,16-17H,4-7,11-14H2,1-3H3. The molecular formula is C20H30O2. The van der Waals surface area contributed by atoms with E-state index in [1.165, 1.54) is 56.1 Å². The SMILES string of the molecule is CCC1(c2cc(C)ccc2OCOC)CC2CCCC(C2)C1. The fraction of sp³-hybridized carbons (Fsp3) is 0.700. The Hall–Kier alpha value is -1.02. The van der Waals surface area contributed by atoms with Crippen molar-refractivity contribution in [1.82, 2.24) is 0 Å². The highest BCUT2D eigenvalue weighted by atomic mass is 16.7. The van der Waals surface area contributed by atoms with Gasteiger partial charge >= 0.3 is 0 Å². The molecule has 0 spiro atoms. The molecule has 2 bridgehead atoms. The number of hydrogen-bond donors (Lipinski definition) is 0. The highest BCUT2D eigenvalue weighted by Crippen LogP contribution is 2.53. The van der Waals surface area contributed by atoms with Crippen LogP contribution in [-0.2, 0) is 10.2 Å². The van der Waals surface area contributed by atoms with Crippen molar-refractivity contribution < 1.29 is 9.47 Å². The van der Waals surface area contributed by atoms with Crippen molar-refractivity contribution in [3.63, 3.8) is 0 Å². The second-order valence-corrected chi connectivity index (χ2v) is 7.49. The largest absolute Gasteiger partial charge is 0.467 e. The van der Waals surface area contributed by atoms with Crippen LogP contribution in [0.2, 0.25) is 0 Å². The third-order valence-electron chi connectivity index (χ3n) is 5.97. The molecule has 0 radical (unpaired) electrons. The molecule has 2 heteroatoms. The van der Waals surface area contributed by atoms with Crippen LogP contribution in [-0.4, -0.2) is 13.9 Å². The fourth-order valence-corrected chi connectivity index (χ4v) is 4.97. The Morgan fingerprint density at radius 1 is 1.18 bits per heavy atom. The molecule has 22 heavy (non-hydrogen) atoms. The van der Waals surface area contributed by atoms with Gasteiger partial charge in [-0.25, -0.2) is 0 Å². The van der Waals surface area contributed by atoms with Crippen LogP contribution in [0.15, 0.2) is 18.2 Å². The summed E-state index contributed by atoms with van der Waals surface area (Å²) in [6, 6.07) is 6.67. The third kappa shape index (κ3) is 3.03. The molecule has 0 aliphatic heterocycles. The van der Waals surface area contributed by atoms with Gasteiger partial charge in [-0.3, -0.25) is 0 Å². The Labute approximate surface area is 135 Å². The number of methoxy groups -OCH3 is 1. The molecule has 2 aliphatic carbocycles. The second kappa shape index (κ2) is 6.62. The lowest BCUT2D eigenvalue weighted by Gasteiger charge is -2.48. The molecule has 0 amide bonds. The quantitative estimate of drug-likeness (QED) is 0.694. The second-order valence-electron chi connectivity index (χ2n) is 7.49. The van der Waals surface area contributed by atoms with Gasteiger partial charge < -0.3 is 9.47 Å². The maximum absolute atomic E-state index is 5.92. The molecule has 2 nitrogen and oxygen atoms in total. The van der Waals surface area contributed by atoms with Crippen molar-refractivity contribution in [3.8, 4) is 5.75 Å². The summed E-state index contributed by atoms with van der Waals surface area (Å²) >= 11 is 0. The molecule has 0 saturated heterocycles. The number of rotatable bonds is 5. The number of fused-ring (bicyclic) bond motifs is 2. The summed E-state index contributed by atoms with van der Waals surface area (Å²) in [6.45, 7) is 4.89. The number of hydrogen-bond acceptors (Lipinski definition) is 2. The third-order valence-corrected chi connectivity index (χ3v) is 5.97. The van der Waals surface area contributed by atoms with E-state index in [9.17, 15) is 0 Å². The Balaban J connectivity index is 1.97. The first-order valence-electron chi connectivity index (χ1n) is 8.90. The Morgan fingerprint density at radius 2 is 1.91 bits per heavy atom. The van der Waals surface area contributed by atoms with Crippen LogP contribution in [0.1, 0.15) is 63.0 Å². The van der Waals surface area contributed by atoms with Crippen molar-refractivity contribution in [2.24, 2.45) is 11.8 Å². The first-order chi connectivity index (χ1) is 10.7. The summed E-state index contributed by atoms with van der Waals surface area (Å²) < 4.78 is 11.1. The molecular weight excluding hydrogens is 272 g/mol. The maximum Gasteiger partial charge on any atom is 0.188 e. The van der Waals surface area contributed by atoms with Crippen LogP contribution >= 0.6 is 0 Å². The van der Waals surface area contributed by atoms with Crippen molar-refractivity contribution >= 4 is 0 Å². The lowest BCUT2D eigenvalue weighted by Crippen LogP contribution is -2.39. The van der Waals surface area contributed by atoms with Gasteiger partial charge in [0.2, 0.25) is 0 Å². The first kappa shape index (κ1) is 15.9. The van der Waals surface area contributed by atoms with Crippen LogP contribution in [0.4, 0.5) is 0 Å². The topological polar surface area (TPSA) is 18.5 Å². The molecule has 122 valence electrons. The van der Waals surface area contributed by atoms with Crippen molar-refractivity contribution in [2.75, 3.05) is 13.9 Å². The van der Waals surface area contributed by atoms with Gasteiger partial charge in [0, 0.05) is 12.7 Å². The van der Waals surface area contributed by atoms with Gasteiger partial charge in [-0.1, -0.05) is 43.9 Å². The van der Waals surface area contributed by atoms with Gasteiger partial charge in [0.25, 0.3) is 0 Å². The van der Waals surface area contributed by atoms with Gasteiger partial charge in [0.1, 0.15) is 5.75 Å². The average Bonchev–Trinajstić information content (AvgIpc) is 2.53. The summed E-state index contributed by atoms with van der Waals surface area (Å²) in [5, 5.41) is 0. The van der Waals surface area contributed by atoms with Crippen molar-refractivity contribution in [1.29, 1.82) is 0 Å². The van der Waals surface area contributed by atoms with Gasteiger partial charge in [-0.15, -0.1) is 0 Å². The molecule has 2 saturated carbocycles. The van der Waals surface area contributed by atoms with Gasteiger partial charge in [0.15, 0.2) is 6.79 Å². The zero-order valence-corrected chi connectivity index (χ0v) is 14.4. The summed E-state index contributed by atoms with van der Waals surface area (Å²) in [4.78, 5) is 0. The maximum atomic E-state index is 5.92. The fourth-order valence-electron chi connectivity index (χ4n) is 4.97. The Kier molecular flexibility index (Phi) is 4.77. The van der Waals surface area contributed by atoms with E-state index >= 15 is 0 Å². The molecule has 2 aliphatic rings. The zero-order valence-electron chi connectivity index (χ0n) is 14.4. The molecule has 0 N–H and O–H groups in total. The number of aryl methyl sites for hydroxylation is 1. The van der Waals surface area contributed by atoms with Crippen LogP contribution in [0.3, 0.4) is 0 Å². The predicted octanol–water partition coefficient (Wildman–Crippen LogP) is 5.23. The minimum Gasteiger partial charge on any atom is -0.467 e. The normalized spacial score (nSPS) is 31.0. The van der Waals surface area contributed by atoms with Gasteiger partial charge in [-0.05, 0) is 55.9 Å². The summed E-state index contributed by atoms with van der Waals surface area (Å²) in [7, 11) is 1.69. The molecule has 2 fully saturated rings. The van der Waals surface area contributed by atoms with Crippen LogP contribution in [0.5, 0.6) is 5.75 Å². The van der Waals surface area contributed by atoms with E-state index in [-0.39, 0.29) is 0 Å². The highest BCUT2D eigenvalue weighted by molar-refractivity contribution is 5.43. The van der Waals surface area contributed by atoms with Gasteiger partial charge in [0.05, 0.1) is 0 Å². The lowest BCUT2D eigenvalue weighted by molar-refractivity contribution is 0.0464. The van der Waals surface area contributed by atoms with Crippen LogP contribution < -0.4 is 4.74 Å². The number of ether oxygens (including phenoxy) is 2. The Morgan fingerprint density at radius 3 is 2.55 bits per heavy atom. The van der Waals surface area contributed by atoms with E-state index in [2.05, 4.69) is 32.0 Å². The lowest BCUT2D eigenvalue weighted by atomic mass is 9.57. The van der Waals surface area contributed by atoms with Crippen molar-refractivity contribution in [2.45, 2.75) is 64.2 Å². The minimum atomic E-state index is 0.309. The monoisotopic (exact) mass is 302 g/mol. The van der Waals surface area contributed by atoms with Crippen molar-refractivity contribution in [3.05, 3.63) is 29.3 Å². The van der Waals surface area contributed by atoms with Crippen LogP contribution in [0.25, 0.3) is 0 Å². The molecule has 0 heterocycles. The molecule has 1 aromatic carbocycles. The minimum absolute atomic E-state index is 0.309. The van der Waals surface area contributed by atoms with Gasteiger partial charge in [-0.2, -0.15) is 0 Å². The molecule has 1 aromatic rings. The summed E-state index contributed by atoms with van der Waals surface area (Å²) in [5.74, 6) is 2.88. The molecule has 0 aromatic heterocycles.